The van der Waals surface area contributed by atoms with Crippen LogP contribution in [0.3, 0.4) is 0 Å². The van der Waals surface area contributed by atoms with Gasteiger partial charge in [-0.15, -0.1) is 0 Å². The second kappa shape index (κ2) is 11.4. The molecule has 2 atom stereocenters. The summed E-state index contributed by atoms with van der Waals surface area (Å²) >= 11 is 0. The number of amides is 1. The average molecular weight is 483 g/mol. The molecule has 1 aromatic carbocycles. The van der Waals surface area contributed by atoms with Crippen LogP contribution in [-0.2, 0) is 4.79 Å². The lowest BCUT2D eigenvalue weighted by molar-refractivity contribution is -0.125. The van der Waals surface area contributed by atoms with E-state index in [0.717, 1.165) is 70.0 Å². The van der Waals surface area contributed by atoms with Crippen molar-refractivity contribution in [3.8, 4) is 17.1 Å². The smallest absolute Gasteiger partial charge is 0.324 e. The molecule has 190 valence electrons. The Morgan fingerprint density at radius 3 is 2.71 bits per heavy atom. The molecule has 9 nitrogen and oxygen atoms in total. The van der Waals surface area contributed by atoms with Gasteiger partial charge in [-0.25, -0.2) is 0 Å². The van der Waals surface area contributed by atoms with Gasteiger partial charge in [0.25, 0.3) is 0 Å². The van der Waals surface area contributed by atoms with Crippen LogP contribution in [0.1, 0.15) is 38.5 Å². The number of aromatic nitrogens is 2. The lowest BCUT2D eigenvalue weighted by atomic mass is 9.96. The quantitative estimate of drug-likeness (QED) is 0.593. The number of piperidine rings is 2. The number of anilines is 1. The molecule has 3 saturated heterocycles. The molecule has 4 heterocycles. The normalized spacial score (nSPS) is 24.0. The van der Waals surface area contributed by atoms with Crippen LogP contribution in [-0.4, -0.2) is 79.9 Å². The van der Waals surface area contributed by atoms with E-state index in [2.05, 4.69) is 30.6 Å². The Balaban J connectivity index is 1.03. The van der Waals surface area contributed by atoms with Crippen LogP contribution < -0.4 is 20.3 Å². The van der Waals surface area contributed by atoms with Crippen LogP contribution in [0.5, 0.6) is 5.75 Å². The summed E-state index contributed by atoms with van der Waals surface area (Å²) in [7, 11) is 1.64. The maximum Gasteiger partial charge on any atom is 0.324 e. The van der Waals surface area contributed by atoms with Gasteiger partial charge >= 0.3 is 6.01 Å². The van der Waals surface area contributed by atoms with Gasteiger partial charge in [-0.05, 0) is 75.4 Å². The molecule has 0 aliphatic carbocycles. The second-order valence-corrected chi connectivity index (χ2v) is 10.2. The third-order valence-electron chi connectivity index (χ3n) is 7.73. The third kappa shape index (κ3) is 6.13. The number of nitrogens with one attached hydrogen (secondary N) is 2. The lowest BCUT2D eigenvalue weighted by Gasteiger charge is -2.30. The minimum Gasteiger partial charge on any atom is -0.497 e. The highest BCUT2D eigenvalue weighted by Gasteiger charge is 2.29. The Bertz CT molecular complexity index is 950. The molecule has 35 heavy (non-hydrogen) atoms. The van der Waals surface area contributed by atoms with Crippen molar-refractivity contribution in [2.24, 2.45) is 11.8 Å². The molecule has 2 aromatic rings. The fourth-order valence-electron chi connectivity index (χ4n) is 5.56. The molecule has 2 N–H and O–H groups in total. The Morgan fingerprint density at radius 1 is 1.14 bits per heavy atom. The number of carbonyl (C=O) groups excluding carboxylic acids is 1. The maximum absolute atomic E-state index is 12.8. The van der Waals surface area contributed by atoms with Crippen LogP contribution in [0.25, 0.3) is 11.4 Å². The van der Waals surface area contributed by atoms with Gasteiger partial charge < -0.3 is 29.7 Å². The van der Waals surface area contributed by atoms with E-state index >= 15 is 0 Å². The minimum absolute atomic E-state index is 0.0548. The standard InChI is InChI=1S/C26H38N6O3/c1-34-23-7-5-20(6-8-23)24-29-26(35-30-24)32-14-10-21(11-15-32)25(33)28-16-19-9-13-31(17-19)18-22-4-2-3-12-27-22/h5-8,19,21-22,27H,2-4,9-18H2,1H3,(H,28,33). The van der Waals surface area contributed by atoms with Crippen LogP contribution in [0.15, 0.2) is 28.8 Å². The van der Waals surface area contributed by atoms with E-state index < -0.39 is 0 Å². The summed E-state index contributed by atoms with van der Waals surface area (Å²) < 4.78 is 10.7. The van der Waals surface area contributed by atoms with Gasteiger partial charge in [-0.1, -0.05) is 11.6 Å². The van der Waals surface area contributed by atoms with Gasteiger partial charge in [0.15, 0.2) is 0 Å². The van der Waals surface area contributed by atoms with Gasteiger partial charge in [0.2, 0.25) is 11.7 Å². The number of ether oxygens (including phenoxy) is 1. The number of hydrogen-bond donors (Lipinski definition) is 2. The van der Waals surface area contributed by atoms with Gasteiger partial charge in [0, 0.05) is 50.2 Å². The summed E-state index contributed by atoms with van der Waals surface area (Å²) in [5.74, 6) is 2.17. The minimum atomic E-state index is 0.0548. The van der Waals surface area contributed by atoms with Crippen molar-refractivity contribution in [3.63, 3.8) is 0 Å². The largest absolute Gasteiger partial charge is 0.497 e. The maximum atomic E-state index is 12.8. The predicted octanol–water partition coefficient (Wildman–Crippen LogP) is 2.54. The van der Waals surface area contributed by atoms with E-state index in [4.69, 9.17) is 9.26 Å². The number of benzene rings is 1. The molecular weight excluding hydrogens is 444 g/mol. The molecule has 1 amide bonds. The zero-order valence-corrected chi connectivity index (χ0v) is 20.7. The fourth-order valence-corrected chi connectivity index (χ4v) is 5.56. The van der Waals surface area contributed by atoms with E-state index in [9.17, 15) is 4.79 Å². The second-order valence-electron chi connectivity index (χ2n) is 10.2. The molecular formula is C26H38N6O3. The first kappa shape index (κ1) is 24.1. The zero-order chi connectivity index (χ0) is 24.0. The average Bonchev–Trinajstić information content (AvgIpc) is 3.58. The zero-order valence-electron chi connectivity index (χ0n) is 20.7. The van der Waals surface area contributed by atoms with Crippen molar-refractivity contribution >= 4 is 11.9 Å². The van der Waals surface area contributed by atoms with Gasteiger partial charge in [-0.3, -0.25) is 4.79 Å². The van der Waals surface area contributed by atoms with E-state index in [1.807, 2.05) is 24.3 Å². The molecule has 2 unspecified atom stereocenters. The predicted molar refractivity (Wildman–Crippen MR) is 134 cm³/mol. The first-order valence-electron chi connectivity index (χ1n) is 13.1. The number of likely N-dealkylation sites (tertiary alicyclic amines) is 1. The monoisotopic (exact) mass is 482 g/mol. The number of hydrogen-bond acceptors (Lipinski definition) is 8. The number of carbonyl (C=O) groups is 1. The number of nitrogens with zero attached hydrogens (tertiary/aromatic N) is 4. The molecule has 9 heteroatoms. The summed E-state index contributed by atoms with van der Waals surface area (Å²) in [6.07, 6.45) is 6.73. The molecule has 0 saturated carbocycles. The highest BCUT2D eigenvalue weighted by molar-refractivity contribution is 5.79. The van der Waals surface area contributed by atoms with Crippen molar-refractivity contribution < 1.29 is 14.1 Å². The van der Waals surface area contributed by atoms with Crippen LogP contribution >= 0.6 is 0 Å². The molecule has 5 rings (SSSR count). The third-order valence-corrected chi connectivity index (χ3v) is 7.73. The summed E-state index contributed by atoms with van der Waals surface area (Å²) in [6.45, 7) is 6.85. The van der Waals surface area contributed by atoms with Crippen molar-refractivity contribution in [2.45, 2.75) is 44.6 Å². The number of methoxy groups -OCH3 is 1. The molecule has 3 fully saturated rings. The molecule has 0 radical (unpaired) electrons. The Kier molecular flexibility index (Phi) is 7.83. The first-order valence-corrected chi connectivity index (χ1v) is 13.1. The van der Waals surface area contributed by atoms with Crippen molar-refractivity contribution in [1.82, 2.24) is 25.7 Å². The van der Waals surface area contributed by atoms with E-state index in [-0.39, 0.29) is 11.8 Å². The van der Waals surface area contributed by atoms with Crippen molar-refractivity contribution in [1.29, 1.82) is 0 Å². The van der Waals surface area contributed by atoms with E-state index in [1.54, 1.807) is 7.11 Å². The van der Waals surface area contributed by atoms with Crippen molar-refractivity contribution in [3.05, 3.63) is 24.3 Å². The molecule has 3 aliphatic rings. The highest BCUT2D eigenvalue weighted by atomic mass is 16.5. The molecule has 0 bridgehead atoms. The first-order chi connectivity index (χ1) is 17.2. The van der Waals surface area contributed by atoms with E-state index in [0.29, 0.717) is 23.8 Å². The Hall–Kier alpha value is -2.65. The van der Waals surface area contributed by atoms with Gasteiger partial charge in [0.05, 0.1) is 7.11 Å². The highest BCUT2D eigenvalue weighted by Crippen LogP contribution is 2.26. The molecule has 0 spiro atoms. The Morgan fingerprint density at radius 2 is 1.97 bits per heavy atom. The van der Waals surface area contributed by atoms with E-state index in [1.165, 1.54) is 25.7 Å². The number of rotatable bonds is 8. The van der Waals surface area contributed by atoms with Gasteiger partial charge in [-0.2, -0.15) is 4.98 Å². The lowest BCUT2D eigenvalue weighted by Crippen LogP contribution is -2.43. The van der Waals surface area contributed by atoms with Crippen LogP contribution in [0.4, 0.5) is 6.01 Å². The summed E-state index contributed by atoms with van der Waals surface area (Å²) in [5.41, 5.74) is 0.885. The molecule has 3 aliphatic heterocycles. The summed E-state index contributed by atoms with van der Waals surface area (Å²) in [4.78, 5) is 22.0. The SMILES string of the molecule is COc1ccc(-c2noc(N3CCC(C(=O)NCC4CCN(CC5CCCCN5)C4)CC3)n2)cc1. The Labute approximate surface area is 207 Å². The fraction of sp³-hybridized carbons (Fsp3) is 0.654. The van der Waals surface area contributed by atoms with Crippen LogP contribution in [0.2, 0.25) is 0 Å². The molecule has 1 aromatic heterocycles. The van der Waals surface area contributed by atoms with Crippen molar-refractivity contribution in [2.75, 3.05) is 57.8 Å². The summed E-state index contributed by atoms with van der Waals surface area (Å²) in [6, 6.07) is 8.77. The van der Waals surface area contributed by atoms with Crippen LogP contribution in [0, 0.1) is 11.8 Å². The summed E-state index contributed by atoms with van der Waals surface area (Å²) in [5, 5.41) is 11.0. The van der Waals surface area contributed by atoms with Gasteiger partial charge in [0.1, 0.15) is 5.75 Å². The topological polar surface area (TPSA) is 95.8 Å².